The lowest BCUT2D eigenvalue weighted by atomic mass is 9.99. The van der Waals surface area contributed by atoms with Crippen molar-refractivity contribution in [1.82, 2.24) is 0 Å². The van der Waals surface area contributed by atoms with E-state index >= 15 is 0 Å². The normalized spacial score (nSPS) is 14.2. The summed E-state index contributed by atoms with van der Waals surface area (Å²) in [5.41, 5.74) is 0. The van der Waals surface area contributed by atoms with Crippen LogP contribution in [0.4, 0.5) is 0 Å². The Morgan fingerprint density at radius 1 is 0.299 bits per heavy atom. The van der Waals surface area contributed by atoms with Gasteiger partial charge in [0.25, 0.3) is 0 Å². The number of unbranched alkanes of at least 4 members (excludes halogenated alkanes) is 46. The molecule has 0 aromatic rings. The first-order chi connectivity index (χ1) is 46.9. The van der Waals surface area contributed by atoms with E-state index in [2.05, 4.69) is 41.5 Å². The summed E-state index contributed by atoms with van der Waals surface area (Å²) in [6.07, 6.45) is 58.4. The van der Waals surface area contributed by atoms with E-state index in [4.69, 9.17) is 37.0 Å². The maximum Gasteiger partial charge on any atom is 0.472 e. The zero-order valence-corrected chi connectivity index (χ0v) is 65.2. The van der Waals surface area contributed by atoms with Crippen LogP contribution in [0.2, 0.25) is 0 Å². The van der Waals surface area contributed by atoms with Crippen molar-refractivity contribution >= 4 is 39.5 Å². The summed E-state index contributed by atoms with van der Waals surface area (Å²) in [7, 11) is -9.91. The molecule has 0 saturated carbocycles. The van der Waals surface area contributed by atoms with E-state index in [1.807, 2.05) is 0 Å². The zero-order chi connectivity index (χ0) is 71.4. The number of phosphoric acid groups is 2. The summed E-state index contributed by atoms with van der Waals surface area (Å²) < 4.78 is 68.5. The topological polar surface area (TPSA) is 237 Å². The molecule has 0 aliphatic heterocycles. The molecule has 0 saturated heterocycles. The van der Waals surface area contributed by atoms with Crippen molar-refractivity contribution in [3.63, 3.8) is 0 Å². The average molecular weight is 1420 g/mol. The molecule has 97 heavy (non-hydrogen) atoms. The molecule has 0 bridgehead atoms. The molecule has 3 unspecified atom stereocenters. The van der Waals surface area contributed by atoms with E-state index in [0.29, 0.717) is 25.7 Å². The Hall–Kier alpha value is -1.94. The molecule has 0 aromatic heterocycles. The van der Waals surface area contributed by atoms with Crippen molar-refractivity contribution in [3.05, 3.63) is 0 Å². The minimum atomic E-state index is -4.96. The van der Waals surface area contributed by atoms with E-state index in [0.717, 1.165) is 108 Å². The minimum Gasteiger partial charge on any atom is -0.462 e. The van der Waals surface area contributed by atoms with Crippen molar-refractivity contribution in [1.29, 1.82) is 0 Å². The van der Waals surface area contributed by atoms with Gasteiger partial charge in [-0.1, -0.05) is 356 Å². The second kappa shape index (κ2) is 69.8. The smallest absolute Gasteiger partial charge is 0.462 e. The molecule has 6 atom stereocenters. The lowest BCUT2D eigenvalue weighted by Crippen LogP contribution is -2.30. The fourth-order valence-corrected chi connectivity index (χ4v) is 13.6. The van der Waals surface area contributed by atoms with Crippen molar-refractivity contribution < 1.29 is 80.2 Å². The van der Waals surface area contributed by atoms with Crippen LogP contribution in [0.15, 0.2) is 0 Å². The Morgan fingerprint density at radius 3 is 0.784 bits per heavy atom. The highest BCUT2D eigenvalue weighted by atomic mass is 31.2. The quantitative estimate of drug-likeness (QED) is 0.0222. The maximum absolute atomic E-state index is 13.1. The molecule has 0 aliphatic rings. The molecule has 0 radical (unpaired) electrons. The number of aliphatic hydroxyl groups is 1. The van der Waals surface area contributed by atoms with Crippen LogP contribution in [-0.4, -0.2) is 96.7 Å². The monoisotopic (exact) mass is 1420 g/mol. The third-order valence-electron chi connectivity index (χ3n) is 18.6. The van der Waals surface area contributed by atoms with Crippen LogP contribution in [0.1, 0.15) is 408 Å². The Morgan fingerprint density at radius 2 is 0.526 bits per heavy atom. The number of rotatable bonds is 77. The second-order valence-corrected chi connectivity index (χ2v) is 31.7. The van der Waals surface area contributed by atoms with Crippen molar-refractivity contribution in [2.75, 3.05) is 39.6 Å². The van der Waals surface area contributed by atoms with Crippen molar-refractivity contribution in [2.45, 2.75) is 426 Å². The summed E-state index contributed by atoms with van der Waals surface area (Å²) in [6, 6.07) is 0. The zero-order valence-electron chi connectivity index (χ0n) is 63.4. The number of esters is 4. The molecular formula is C78H152O17P2. The molecule has 3 N–H and O–H groups in total. The van der Waals surface area contributed by atoms with Crippen LogP contribution < -0.4 is 0 Å². The molecule has 0 aromatic carbocycles. The SMILES string of the molecule is CCCCCCCCCCCCCCCCCCCCC(=O)OC[C@H](COP(=O)(O)OC[C@@H](O)COP(=O)(O)OC[C@@H](COC(=O)CCCCCCCCCC)OC(=O)CCCCCCCCCCC(C)CC)OC(=O)CCCCCCCCCCCCCCCCCCC(C)C. The Balaban J connectivity index is 5.20. The summed E-state index contributed by atoms with van der Waals surface area (Å²) in [6.45, 7) is 9.61. The van der Waals surface area contributed by atoms with E-state index in [9.17, 15) is 43.2 Å². The summed E-state index contributed by atoms with van der Waals surface area (Å²) in [5, 5.41) is 10.6. The fourth-order valence-electron chi connectivity index (χ4n) is 12.0. The lowest BCUT2D eigenvalue weighted by Gasteiger charge is -2.21. The maximum atomic E-state index is 13.1. The minimum absolute atomic E-state index is 0.105. The number of ether oxygens (including phenoxy) is 4. The molecule has 0 rings (SSSR count). The van der Waals surface area contributed by atoms with Crippen LogP contribution in [0.3, 0.4) is 0 Å². The third-order valence-corrected chi connectivity index (χ3v) is 20.5. The Bertz CT molecular complexity index is 1870. The molecule has 0 amide bonds. The first-order valence-corrected chi connectivity index (χ1v) is 43.5. The van der Waals surface area contributed by atoms with Gasteiger partial charge >= 0.3 is 39.5 Å². The van der Waals surface area contributed by atoms with Gasteiger partial charge in [-0.25, -0.2) is 9.13 Å². The number of carbonyl (C=O) groups excluding carboxylic acids is 4. The van der Waals surface area contributed by atoms with Crippen LogP contribution in [0.5, 0.6) is 0 Å². The molecule has 0 heterocycles. The highest BCUT2D eigenvalue weighted by Crippen LogP contribution is 2.45. The van der Waals surface area contributed by atoms with Crippen LogP contribution in [0, 0.1) is 11.8 Å². The van der Waals surface area contributed by atoms with Gasteiger partial charge in [-0.3, -0.25) is 37.3 Å². The lowest BCUT2D eigenvalue weighted by molar-refractivity contribution is -0.161. The highest BCUT2D eigenvalue weighted by Gasteiger charge is 2.30. The predicted molar refractivity (Wildman–Crippen MR) is 395 cm³/mol. The largest absolute Gasteiger partial charge is 0.472 e. The highest BCUT2D eigenvalue weighted by molar-refractivity contribution is 7.47. The fraction of sp³-hybridized carbons (Fsp3) is 0.949. The van der Waals surface area contributed by atoms with Crippen LogP contribution in [-0.2, 0) is 65.4 Å². The van der Waals surface area contributed by atoms with Crippen LogP contribution >= 0.6 is 15.6 Å². The Kier molecular flexibility index (Phi) is 68.4. The average Bonchev–Trinajstić information content (AvgIpc) is 1.07. The van der Waals surface area contributed by atoms with E-state index in [1.165, 1.54) is 218 Å². The third kappa shape index (κ3) is 70.9. The number of carbonyl (C=O) groups is 4. The summed E-state index contributed by atoms with van der Waals surface area (Å²) in [5.74, 6) is -0.538. The first kappa shape index (κ1) is 95.1. The number of aliphatic hydroxyl groups excluding tert-OH is 1. The number of hydrogen-bond acceptors (Lipinski definition) is 15. The van der Waals surface area contributed by atoms with Gasteiger partial charge in [0.05, 0.1) is 26.4 Å². The second-order valence-electron chi connectivity index (χ2n) is 28.8. The van der Waals surface area contributed by atoms with Crippen LogP contribution in [0.25, 0.3) is 0 Å². The van der Waals surface area contributed by atoms with E-state index in [1.54, 1.807) is 0 Å². The van der Waals surface area contributed by atoms with E-state index < -0.39 is 97.5 Å². The predicted octanol–water partition coefficient (Wildman–Crippen LogP) is 23.1. The molecule has 19 heteroatoms. The Labute approximate surface area is 594 Å². The molecule has 0 spiro atoms. The van der Waals surface area contributed by atoms with Gasteiger partial charge in [0.15, 0.2) is 12.2 Å². The van der Waals surface area contributed by atoms with Gasteiger partial charge in [-0.15, -0.1) is 0 Å². The molecule has 0 fully saturated rings. The summed E-state index contributed by atoms with van der Waals surface area (Å²) >= 11 is 0. The summed E-state index contributed by atoms with van der Waals surface area (Å²) in [4.78, 5) is 72.8. The number of phosphoric ester groups is 2. The molecular weight excluding hydrogens is 1270 g/mol. The van der Waals surface area contributed by atoms with Gasteiger partial charge in [-0.2, -0.15) is 0 Å². The van der Waals surface area contributed by atoms with Gasteiger partial charge in [0, 0.05) is 25.7 Å². The standard InChI is InChI=1S/C78H152O17P2/c1-7-10-12-14-16-18-19-20-21-22-23-27-30-33-36-43-49-55-61-76(81)89-67-74(94-77(82)62-56-50-44-37-34-31-28-25-24-26-29-32-35-40-46-52-58-70(4)5)69-93-97(86,87)91-65-72(79)64-90-96(84,85)92-68-73(66-88-75(80)60-54-48-42-17-15-13-11-8-2)95-78(83)63-57-51-45-39-38-41-47-53-59-71(6)9-3/h70-74,79H,7-69H2,1-6H3,(H,84,85)(H,86,87)/t71?,72-,73+,74+/m0/s1. The van der Waals surface area contributed by atoms with Gasteiger partial charge in [0.2, 0.25) is 0 Å². The molecule has 0 aliphatic carbocycles. The molecule has 17 nitrogen and oxygen atoms in total. The van der Waals surface area contributed by atoms with Gasteiger partial charge in [0.1, 0.15) is 19.3 Å². The number of hydrogen-bond donors (Lipinski definition) is 3. The first-order valence-electron chi connectivity index (χ1n) is 40.5. The van der Waals surface area contributed by atoms with Gasteiger partial charge in [-0.05, 0) is 37.5 Å². The van der Waals surface area contributed by atoms with Crippen molar-refractivity contribution in [3.8, 4) is 0 Å². The van der Waals surface area contributed by atoms with Gasteiger partial charge < -0.3 is 33.8 Å². The molecule has 576 valence electrons. The van der Waals surface area contributed by atoms with Crippen molar-refractivity contribution in [2.24, 2.45) is 11.8 Å². The van der Waals surface area contributed by atoms with E-state index in [-0.39, 0.29) is 25.7 Å².